The average molecular weight is 375 g/mol. The molecule has 0 aliphatic carbocycles. The second kappa shape index (κ2) is 6.87. The van der Waals surface area contributed by atoms with Gasteiger partial charge in [0, 0.05) is 30.2 Å². The van der Waals surface area contributed by atoms with E-state index in [1.165, 1.54) is 12.1 Å². The maximum atomic E-state index is 14.5. The van der Waals surface area contributed by atoms with Crippen molar-refractivity contribution in [2.75, 3.05) is 18.0 Å². The summed E-state index contributed by atoms with van der Waals surface area (Å²) >= 11 is 0. The zero-order valence-electron chi connectivity index (χ0n) is 16.4. The molecule has 1 amide bonds. The molecule has 0 unspecified atom stereocenters. The van der Waals surface area contributed by atoms with Crippen LogP contribution < -0.4 is 4.90 Å². The highest BCUT2D eigenvalue weighted by Gasteiger charge is 2.35. The average Bonchev–Trinajstić information content (AvgIpc) is 2.53. The third-order valence-electron chi connectivity index (χ3n) is 4.60. The van der Waals surface area contributed by atoms with E-state index in [0.717, 1.165) is 5.69 Å². The zero-order chi connectivity index (χ0) is 19.9. The Labute approximate surface area is 158 Å². The molecule has 1 N–H and O–H groups in total. The molecule has 0 spiro atoms. The number of fused-ring (bicyclic) bond motifs is 1. The van der Waals surface area contributed by atoms with Crippen molar-refractivity contribution in [2.45, 2.75) is 52.3 Å². The van der Waals surface area contributed by atoms with Gasteiger partial charge in [-0.05, 0) is 52.8 Å². The lowest BCUT2D eigenvalue weighted by Crippen LogP contribution is -2.59. The van der Waals surface area contributed by atoms with Crippen LogP contribution in [0.25, 0.3) is 10.9 Å². The third-order valence-corrected chi connectivity index (χ3v) is 4.60. The molecule has 1 aromatic heterocycles. The van der Waals surface area contributed by atoms with Gasteiger partial charge in [0.15, 0.2) is 5.82 Å². The van der Waals surface area contributed by atoms with E-state index in [-0.39, 0.29) is 29.6 Å². The molecule has 0 bridgehead atoms. The molecule has 6 nitrogen and oxygen atoms in total. The highest BCUT2D eigenvalue weighted by molar-refractivity contribution is 5.84. The Balaban J connectivity index is 1.83. The predicted octanol–water partition coefficient (Wildman–Crippen LogP) is 3.91. The molecule has 2 heterocycles. The van der Waals surface area contributed by atoms with Gasteiger partial charge in [0.05, 0.1) is 12.1 Å². The van der Waals surface area contributed by atoms with Crippen LogP contribution in [0, 0.1) is 5.82 Å². The van der Waals surface area contributed by atoms with Crippen LogP contribution in [0.2, 0.25) is 0 Å². The normalized spacial score (nSPS) is 20.8. The van der Waals surface area contributed by atoms with E-state index in [2.05, 4.69) is 9.88 Å². The van der Waals surface area contributed by atoms with Crippen LogP contribution in [0.15, 0.2) is 24.3 Å². The van der Waals surface area contributed by atoms with Crippen LogP contribution in [0.4, 0.5) is 14.9 Å². The van der Waals surface area contributed by atoms with Crippen LogP contribution >= 0.6 is 0 Å². The fourth-order valence-electron chi connectivity index (χ4n) is 3.56. The summed E-state index contributed by atoms with van der Waals surface area (Å²) in [5.74, 6) is -0.685. The molecule has 0 radical (unpaired) electrons. The fourth-order valence-corrected chi connectivity index (χ4v) is 3.56. The lowest BCUT2D eigenvalue weighted by molar-refractivity contribution is 0.00566. The topological polar surface area (TPSA) is 65.9 Å². The van der Waals surface area contributed by atoms with Crippen molar-refractivity contribution in [2.24, 2.45) is 0 Å². The highest BCUT2D eigenvalue weighted by Crippen LogP contribution is 2.29. The highest BCUT2D eigenvalue weighted by atomic mass is 19.1. The van der Waals surface area contributed by atoms with E-state index in [0.29, 0.717) is 18.5 Å². The van der Waals surface area contributed by atoms with Crippen molar-refractivity contribution in [3.05, 3.63) is 30.1 Å². The number of aromatic hydroxyl groups is 1. The number of carbonyl (C=O) groups excluding carboxylic acids is 1. The third kappa shape index (κ3) is 4.07. The van der Waals surface area contributed by atoms with Gasteiger partial charge in [0.25, 0.3) is 0 Å². The van der Waals surface area contributed by atoms with Gasteiger partial charge in [-0.15, -0.1) is 0 Å². The molecule has 1 aliphatic heterocycles. The Hall–Kier alpha value is -2.57. The van der Waals surface area contributed by atoms with Gasteiger partial charge >= 0.3 is 6.09 Å². The van der Waals surface area contributed by atoms with Gasteiger partial charge in [-0.3, -0.25) is 4.90 Å². The number of rotatable bonds is 1. The number of aromatic nitrogens is 1. The summed E-state index contributed by atoms with van der Waals surface area (Å²) in [5.41, 5.74) is 0.329. The summed E-state index contributed by atoms with van der Waals surface area (Å²) in [6.45, 7) is 10.6. The summed E-state index contributed by atoms with van der Waals surface area (Å²) in [5, 5.41) is 10.1. The maximum Gasteiger partial charge on any atom is 0.410 e. The van der Waals surface area contributed by atoms with Gasteiger partial charge < -0.3 is 14.7 Å². The lowest BCUT2D eigenvalue weighted by atomic mass is 10.1. The van der Waals surface area contributed by atoms with E-state index < -0.39 is 11.4 Å². The number of pyridine rings is 1. The number of piperazine rings is 1. The first-order chi connectivity index (χ1) is 12.5. The second-order valence-corrected chi connectivity index (χ2v) is 8.16. The molecule has 1 fully saturated rings. The van der Waals surface area contributed by atoms with Crippen LogP contribution in [-0.4, -0.2) is 51.9 Å². The fraction of sp³-hybridized carbons (Fsp3) is 0.500. The molecule has 3 rings (SSSR count). The van der Waals surface area contributed by atoms with Crippen molar-refractivity contribution in [1.82, 2.24) is 9.88 Å². The van der Waals surface area contributed by atoms with Crippen molar-refractivity contribution in [1.29, 1.82) is 0 Å². The van der Waals surface area contributed by atoms with Gasteiger partial charge in [-0.25, -0.2) is 14.2 Å². The first kappa shape index (κ1) is 19.2. The van der Waals surface area contributed by atoms with Crippen LogP contribution in [0.1, 0.15) is 34.6 Å². The summed E-state index contributed by atoms with van der Waals surface area (Å²) in [6.07, 6.45) is -0.327. The molecule has 1 aliphatic rings. The van der Waals surface area contributed by atoms with E-state index in [9.17, 15) is 14.3 Å². The van der Waals surface area contributed by atoms with E-state index >= 15 is 0 Å². The molecule has 1 saturated heterocycles. The predicted molar refractivity (Wildman–Crippen MR) is 103 cm³/mol. The number of anilines is 1. The van der Waals surface area contributed by atoms with Gasteiger partial charge in [-0.1, -0.05) is 0 Å². The van der Waals surface area contributed by atoms with Crippen LogP contribution in [0.5, 0.6) is 5.88 Å². The standard InChI is InChI=1S/C20H26FN3O3/c1-12-10-23(11-13(2)24(12)19(26)27-20(3,4)5)15-8-14-6-7-17(25)22-18(14)16(21)9-15/h6-9,12-13H,10-11H2,1-5H3,(H,22,25)/t12-,13-/m1/s1. The Kier molecular flexibility index (Phi) is 4.88. The van der Waals surface area contributed by atoms with Gasteiger partial charge in [0.2, 0.25) is 5.88 Å². The minimum atomic E-state index is -0.548. The van der Waals surface area contributed by atoms with Crippen molar-refractivity contribution in [3.63, 3.8) is 0 Å². The van der Waals surface area contributed by atoms with Crippen molar-refractivity contribution >= 4 is 22.7 Å². The van der Waals surface area contributed by atoms with Crippen LogP contribution in [0.3, 0.4) is 0 Å². The minimum absolute atomic E-state index is 0.0831. The van der Waals surface area contributed by atoms with E-state index in [1.54, 1.807) is 11.0 Å². The number of ether oxygens (including phenoxy) is 1. The molecular formula is C20H26FN3O3. The quantitative estimate of drug-likeness (QED) is 0.819. The van der Waals surface area contributed by atoms with E-state index in [1.807, 2.05) is 40.7 Å². The molecular weight excluding hydrogens is 349 g/mol. The smallest absolute Gasteiger partial charge is 0.410 e. The Bertz CT molecular complexity index is 853. The monoisotopic (exact) mass is 375 g/mol. The molecule has 7 heteroatoms. The molecule has 0 saturated carbocycles. The summed E-state index contributed by atoms with van der Waals surface area (Å²) < 4.78 is 20.0. The number of nitrogens with zero attached hydrogens (tertiary/aromatic N) is 3. The Morgan fingerprint density at radius 3 is 2.44 bits per heavy atom. The number of benzene rings is 1. The van der Waals surface area contributed by atoms with Gasteiger partial charge in [0.1, 0.15) is 11.1 Å². The molecule has 2 aromatic rings. The number of amides is 1. The molecule has 1 aromatic carbocycles. The zero-order valence-corrected chi connectivity index (χ0v) is 16.4. The summed E-state index contributed by atoms with van der Waals surface area (Å²) in [6, 6.07) is 6.20. The lowest BCUT2D eigenvalue weighted by Gasteiger charge is -2.45. The summed E-state index contributed by atoms with van der Waals surface area (Å²) in [7, 11) is 0. The van der Waals surface area contributed by atoms with E-state index in [4.69, 9.17) is 4.74 Å². The second-order valence-electron chi connectivity index (χ2n) is 8.16. The Morgan fingerprint density at radius 2 is 1.85 bits per heavy atom. The number of hydrogen-bond donors (Lipinski definition) is 1. The molecule has 27 heavy (non-hydrogen) atoms. The van der Waals surface area contributed by atoms with Crippen molar-refractivity contribution in [3.8, 4) is 5.88 Å². The SMILES string of the molecule is C[C@@H]1CN(c2cc(F)c3nc(O)ccc3c2)C[C@@H](C)N1C(=O)OC(C)(C)C. The largest absolute Gasteiger partial charge is 0.493 e. The van der Waals surface area contributed by atoms with Crippen LogP contribution in [-0.2, 0) is 4.74 Å². The molecule has 146 valence electrons. The number of halogens is 1. The molecule has 2 atom stereocenters. The van der Waals surface area contributed by atoms with Gasteiger partial charge in [-0.2, -0.15) is 0 Å². The first-order valence-corrected chi connectivity index (χ1v) is 9.10. The summed E-state index contributed by atoms with van der Waals surface area (Å²) in [4.78, 5) is 20.2. The number of carbonyl (C=O) groups is 1. The van der Waals surface area contributed by atoms with Crippen molar-refractivity contribution < 1.29 is 19.0 Å². The first-order valence-electron chi connectivity index (χ1n) is 9.10. The maximum absolute atomic E-state index is 14.5. The Morgan fingerprint density at radius 1 is 1.22 bits per heavy atom. The number of hydrogen-bond acceptors (Lipinski definition) is 5. The minimum Gasteiger partial charge on any atom is -0.493 e.